The fourth-order valence-corrected chi connectivity index (χ4v) is 6.36. The van der Waals surface area contributed by atoms with E-state index in [0.717, 1.165) is 67.8 Å². The van der Waals surface area contributed by atoms with E-state index in [1.807, 2.05) is 18.7 Å². The van der Waals surface area contributed by atoms with Crippen LogP contribution in [0, 0.1) is 20.8 Å². The molecule has 2 heterocycles. The van der Waals surface area contributed by atoms with Gasteiger partial charge in [0.15, 0.2) is 0 Å². The van der Waals surface area contributed by atoms with Crippen LogP contribution in [0.25, 0.3) is 0 Å². The standard InChI is InChI=1S/C30H40F3N3O/c1-20-17-21(2)27(22(3)18-20)28(37)34-13-11-29(6,12-14-34)35-15-16-36(23(4)19-35)24(5)25-7-9-26(10-8-25)30(31,32)33/h7-10,17-18,23-24H,11-16,19H2,1-6H3/t23-,24-/m0/s1. The van der Waals surface area contributed by atoms with E-state index in [1.165, 1.54) is 17.7 Å². The van der Waals surface area contributed by atoms with Gasteiger partial charge in [0.2, 0.25) is 0 Å². The first-order valence-electron chi connectivity index (χ1n) is 13.4. The summed E-state index contributed by atoms with van der Waals surface area (Å²) < 4.78 is 38.9. The van der Waals surface area contributed by atoms with Crippen LogP contribution in [0.4, 0.5) is 13.2 Å². The first kappa shape index (κ1) is 27.6. The van der Waals surface area contributed by atoms with Crippen LogP contribution >= 0.6 is 0 Å². The Bertz CT molecular complexity index is 1100. The van der Waals surface area contributed by atoms with Crippen molar-refractivity contribution in [1.29, 1.82) is 0 Å². The van der Waals surface area contributed by atoms with Crippen LogP contribution in [0.15, 0.2) is 36.4 Å². The van der Waals surface area contributed by atoms with Crippen molar-refractivity contribution in [3.05, 3.63) is 69.8 Å². The van der Waals surface area contributed by atoms with Crippen LogP contribution in [-0.4, -0.2) is 64.9 Å². The maximum absolute atomic E-state index is 13.4. The van der Waals surface area contributed by atoms with E-state index in [-0.39, 0.29) is 23.5 Å². The molecule has 0 spiro atoms. The molecule has 0 bridgehead atoms. The fraction of sp³-hybridized carbons (Fsp3) is 0.567. The third kappa shape index (κ3) is 5.73. The van der Waals surface area contributed by atoms with Gasteiger partial charge in [-0.05, 0) is 83.2 Å². The topological polar surface area (TPSA) is 26.8 Å². The van der Waals surface area contributed by atoms with Gasteiger partial charge in [-0.1, -0.05) is 29.8 Å². The predicted octanol–water partition coefficient (Wildman–Crippen LogP) is 6.39. The lowest BCUT2D eigenvalue weighted by Gasteiger charge is -2.52. The minimum absolute atomic E-state index is 0.0338. The first-order valence-corrected chi connectivity index (χ1v) is 13.4. The quantitative estimate of drug-likeness (QED) is 0.472. The van der Waals surface area contributed by atoms with Crippen molar-refractivity contribution in [2.45, 2.75) is 78.2 Å². The van der Waals surface area contributed by atoms with Gasteiger partial charge in [0, 0.05) is 55.9 Å². The minimum atomic E-state index is -4.31. The van der Waals surface area contributed by atoms with E-state index in [2.05, 4.69) is 49.6 Å². The normalized spacial score (nSPS) is 22.2. The number of benzene rings is 2. The second kappa shape index (κ2) is 10.4. The summed E-state index contributed by atoms with van der Waals surface area (Å²) in [5, 5.41) is 0. The lowest BCUT2D eigenvalue weighted by atomic mass is 9.85. The number of rotatable bonds is 4. The Morgan fingerprint density at radius 3 is 2.05 bits per heavy atom. The Hall–Kier alpha value is -2.38. The SMILES string of the molecule is Cc1cc(C)c(C(=O)N2CCC(C)(N3CCN([C@@H](C)c4ccc(C(F)(F)F)cc4)[C@@H](C)C3)CC2)c(C)c1. The van der Waals surface area contributed by atoms with Gasteiger partial charge in [0.25, 0.3) is 5.91 Å². The molecule has 0 aromatic heterocycles. The molecule has 202 valence electrons. The molecule has 2 aliphatic heterocycles. The van der Waals surface area contributed by atoms with Crippen LogP contribution in [-0.2, 0) is 6.18 Å². The number of carbonyl (C=O) groups is 1. The largest absolute Gasteiger partial charge is 0.416 e. The smallest absolute Gasteiger partial charge is 0.338 e. The van der Waals surface area contributed by atoms with E-state index in [4.69, 9.17) is 0 Å². The summed E-state index contributed by atoms with van der Waals surface area (Å²) in [7, 11) is 0. The maximum Gasteiger partial charge on any atom is 0.416 e. The monoisotopic (exact) mass is 515 g/mol. The molecule has 37 heavy (non-hydrogen) atoms. The summed E-state index contributed by atoms with van der Waals surface area (Å²) in [4.78, 5) is 20.3. The zero-order chi connectivity index (χ0) is 27.1. The highest BCUT2D eigenvalue weighted by molar-refractivity contribution is 5.97. The van der Waals surface area contributed by atoms with Gasteiger partial charge in [-0.3, -0.25) is 14.6 Å². The molecule has 2 saturated heterocycles. The van der Waals surface area contributed by atoms with E-state index < -0.39 is 11.7 Å². The summed E-state index contributed by atoms with van der Waals surface area (Å²) in [5.74, 6) is 0.139. The highest BCUT2D eigenvalue weighted by atomic mass is 19.4. The molecule has 4 nitrogen and oxygen atoms in total. The van der Waals surface area contributed by atoms with Gasteiger partial charge in [-0.15, -0.1) is 0 Å². The van der Waals surface area contributed by atoms with Crippen molar-refractivity contribution in [3.8, 4) is 0 Å². The van der Waals surface area contributed by atoms with Gasteiger partial charge in [0.05, 0.1) is 5.56 Å². The molecule has 0 unspecified atom stereocenters. The van der Waals surface area contributed by atoms with E-state index in [1.54, 1.807) is 12.1 Å². The predicted molar refractivity (Wildman–Crippen MR) is 142 cm³/mol. The lowest BCUT2D eigenvalue weighted by molar-refractivity contribution is -0.137. The van der Waals surface area contributed by atoms with Crippen LogP contribution < -0.4 is 0 Å². The van der Waals surface area contributed by atoms with E-state index in [9.17, 15) is 18.0 Å². The molecule has 0 saturated carbocycles. The Morgan fingerprint density at radius 2 is 1.54 bits per heavy atom. The summed E-state index contributed by atoms with van der Waals surface area (Å²) in [6.45, 7) is 16.9. The number of likely N-dealkylation sites (tertiary alicyclic amines) is 1. The van der Waals surface area contributed by atoms with Gasteiger partial charge in [0.1, 0.15) is 0 Å². The molecule has 0 aliphatic carbocycles. The van der Waals surface area contributed by atoms with Crippen molar-refractivity contribution in [2.75, 3.05) is 32.7 Å². The second-order valence-electron chi connectivity index (χ2n) is 11.4. The van der Waals surface area contributed by atoms with Crippen LogP contribution in [0.3, 0.4) is 0 Å². The number of hydrogen-bond donors (Lipinski definition) is 0. The third-order valence-corrected chi connectivity index (χ3v) is 8.68. The number of aryl methyl sites for hydroxylation is 3. The number of alkyl halides is 3. The Kier molecular flexibility index (Phi) is 7.78. The van der Waals surface area contributed by atoms with Crippen molar-refractivity contribution < 1.29 is 18.0 Å². The molecule has 2 aromatic carbocycles. The summed E-state index contributed by atoms with van der Waals surface area (Å²) in [6.07, 6.45) is -2.44. The van der Waals surface area contributed by atoms with Crippen LogP contribution in [0.2, 0.25) is 0 Å². The van der Waals surface area contributed by atoms with Crippen molar-refractivity contribution >= 4 is 5.91 Å². The van der Waals surface area contributed by atoms with Crippen molar-refractivity contribution in [1.82, 2.24) is 14.7 Å². The molecule has 1 amide bonds. The molecular formula is C30H40F3N3O. The third-order valence-electron chi connectivity index (χ3n) is 8.68. The van der Waals surface area contributed by atoms with Crippen LogP contribution in [0.5, 0.6) is 0 Å². The Labute approximate surface area is 219 Å². The molecule has 4 rings (SSSR count). The zero-order valence-electron chi connectivity index (χ0n) is 23.0. The Balaban J connectivity index is 1.36. The Morgan fingerprint density at radius 1 is 0.973 bits per heavy atom. The molecule has 0 N–H and O–H groups in total. The van der Waals surface area contributed by atoms with E-state index in [0.29, 0.717) is 0 Å². The number of carbonyl (C=O) groups excluding carboxylic acids is 1. The van der Waals surface area contributed by atoms with E-state index >= 15 is 0 Å². The number of piperazine rings is 1. The summed E-state index contributed by atoms with van der Waals surface area (Å²) in [6, 6.07) is 10.1. The lowest BCUT2D eigenvalue weighted by Crippen LogP contribution is -2.62. The fourth-order valence-electron chi connectivity index (χ4n) is 6.36. The molecule has 2 fully saturated rings. The molecule has 0 radical (unpaired) electrons. The number of amides is 1. The number of nitrogens with zero attached hydrogens (tertiary/aromatic N) is 3. The van der Waals surface area contributed by atoms with Crippen molar-refractivity contribution in [2.24, 2.45) is 0 Å². The molecule has 7 heteroatoms. The number of hydrogen-bond acceptors (Lipinski definition) is 3. The van der Waals surface area contributed by atoms with Gasteiger partial charge < -0.3 is 4.90 Å². The summed E-state index contributed by atoms with van der Waals surface area (Å²) in [5.41, 5.74) is 4.45. The van der Waals surface area contributed by atoms with Gasteiger partial charge in [-0.25, -0.2) is 0 Å². The number of halogens is 3. The van der Waals surface area contributed by atoms with Gasteiger partial charge in [-0.2, -0.15) is 13.2 Å². The second-order valence-corrected chi connectivity index (χ2v) is 11.4. The number of piperidine rings is 1. The molecule has 2 atom stereocenters. The van der Waals surface area contributed by atoms with Crippen LogP contribution in [0.1, 0.15) is 77.8 Å². The summed E-state index contributed by atoms with van der Waals surface area (Å²) >= 11 is 0. The van der Waals surface area contributed by atoms with Crippen molar-refractivity contribution in [3.63, 3.8) is 0 Å². The minimum Gasteiger partial charge on any atom is -0.338 e. The maximum atomic E-state index is 13.4. The molecular weight excluding hydrogens is 475 g/mol. The zero-order valence-corrected chi connectivity index (χ0v) is 23.0. The average Bonchev–Trinajstić information content (AvgIpc) is 2.83. The molecule has 2 aliphatic rings. The highest BCUT2D eigenvalue weighted by Crippen LogP contribution is 2.35. The first-order chi connectivity index (χ1) is 17.3. The average molecular weight is 516 g/mol. The highest BCUT2D eigenvalue weighted by Gasteiger charge is 2.41. The van der Waals surface area contributed by atoms with Gasteiger partial charge >= 0.3 is 6.18 Å². The molecule has 2 aromatic rings.